The van der Waals surface area contributed by atoms with E-state index in [1.165, 1.54) is 17.0 Å². The molecular weight excluding hydrogens is 368 g/mol. The molecule has 6 N–H and O–H groups in total. The maximum Gasteiger partial charge on any atom is 0.270 e. The van der Waals surface area contributed by atoms with Crippen LogP contribution < -0.4 is 21.9 Å². The number of aromatic amines is 1. The van der Waals surface area contributed by atoms with Crippen LogP contribution in [0.4, 0.5) is 26.4 Å². The fourth-order valence-corrected chi connectivity index (χ4v) is 2.55. The first kappa shape index (κ1) is 19.4. The monoisotopic (exact) mass is 385 g/mol. The zero-order valence-electron chi connectivity index (χ0n) is 14.1. The zero-order chi connectivity index (χ0) is 19.5. The van der Waals surface area contributed by atoms with Gasteiger partial charge in [0, 0.05) is 42.4 Å². The van der Waals surface area contributed by atoms with Gasteiger partial charge in [-0.3, -0.25) is 5.43 Å². The zero-order valence-corrected chi connectivity index (χ0v) is 14.8. The van der Waals surface area contributed by atoms with Crippen LogP contribution in [0, 0.1) is 0 Å². The molecule has 0 bridgehead atoms. The Balaban J connectivity index is 2.45. The molecule has 2 aromatic rings. The number of halogens is 3. The van der Waals surface area contributed by atoms with Crippen molar-refractivity contribution in [2.45, 2.75) is 19.3 Å². The summed E-state index contributed by atoms with van der Waals surface area (Å²) in [6, 6.07) is 2.84. The second-order valence-electron chi connectivity index (χ2n) is 5.53. The summed E-state index contributed by atoms with van der Waals surface area (Å²) in [6.07, 6.45) is 0.00815. The average Bonchev–Trinajstić information content (AvgIpc) is 2.99. The Bertz CT molecular complexity index is 828. The molecule has 140 valence electrons. The average molecular weight is 386 g/mol. The molecule has 0 saturated heterocycles. The summed E-state index contributed by atoms with van der Waals surface area (Å²) in [5, 5.41) is 12.9. The molecule has 0 unspecified atom stereocenters. The van der Waals surface area contributed by atoms with Crippen LogP contribution in [0.15, 0.2) is 34.9 Å². The van der Waals surface area contributed by atoms with Crippen molar-refractivity contribution < 1.29 is 8.78 Å². The minimum absolute atomic E-state index is 0.00815. The van der Waals surface area contributed by atoms with E-state index in [2.05, 4.69) is 37.6 Å². The lowest BCUT2D eigenvalue weighted by molar-refractivity contribution is 0.0167. The normalized spacial score (nSPS) is 11.7. The second kappa shape index (κ2) is 7.52. The van der Waals surface area contributed by atoms with Crippen LogP contribution in [0.1, 0.15) is 18.1 Å². The van der Waals surface area contributed by atoms with E-state index < -0.39 is 5.92 Å². The van der Waals surface area contributed by atoms with E-state index >= 15 is 0 Å². The minimum Gasteiger partial charge on any atom is -0.368 e. The molecule has 0 aliphatic carbocycles. The van der Waals surface area contributed by atoms with E-state index in [4.69, 9.17) is 23.2 Å². The summed E-state index contributed by atoms with van der Waals surface area (Å²) < 4.78 is 28.4. The van der Waals surface area contributed by atoms with Gasteiger partial charge in [-0.25, -0.2) is 13.9 Å². The van der Waals surface area contributed by atoms with E-state index in [0.717, 1.165) is 6.92 Å². The van der Waals surface area contributed by atoms with Gasteiger partial charge in [-0.2, -0.15) is 4.98 Å². The van der Waals surface area contributed by atoms with E-state index in [-0.39, 0.29) is 34.5 Å². The van der Waals surface area contributed by atoms with Gasteiger partial charge >= 0.3 is 0 Å². The van der Waals surface area contributed by atoms with Gasteiger partial charge in [-0.15, -0.1) is 5.10 Å². The first-order valence-electron chi connectivity index (χ1n) is 7.29. The maximum absolute atomic E-state index is 14.2. The molecule has 1 aromatic heterocycles. The van der Waals surface area contributed by atoms with Crippen molar-refractivity contribution in [3.8, 4) is 0 Å². The summed E-state index contributed by atoms with van der Waals surface area (Å²) in [6.45, 7) is 4.47. The van der Waals surface area contributed by atoms with Gasteiger partial charge in [0.2, 0.25) is 5.95 Å². The van der Waals surface area contributed by atoms with Crippen LogP contribution in [-0.2, 0) is 12.3 Å². The lowest BCUT2D eigenvalue weighted by atomic mass is 9.97. The van der Waals surface area contributed by atoms with E-state index in [9.17, 15) is 8.78 Å². The summed E-state index contributed by atoms with van der Waals surface area (Å²) in [4.78, 5) is 5.44. The predicted molar refractivity (Wildman–Crippen MR) is 94.9 cm³/mol. The molecule has 0 aliphatic heterocycles. The van der Waals surface area contributed by atoms with Crippen LogP contribution in [0.2, 0.25) is 5.02 Å². The van der Waals surface area contributed by atoms with Gasteiger partial charge in [0.15, 0.2) is 0 Å². The molecule has 12 heteroatoms. The fourth-order valence-electron chi connectivity index (χ4n) is 2.27. The van der Waals surface area contributed by atoms with Crippen LogP contribution in [0.5, 0.6) is 0 Å². The predicted octanol–water partition coefficient (Wildman–Crippen LogP) is 2.81. The minimum atomic E-state index is -3.15. The van der Waals surface area contributed by atoms with Gasteiger partial charge in [0.25, 0.3) is 11.9 Å². The molecule has 1 aromatic carbocycles. The van der Waals surface area contributed by atoms with Gasteiger partial charge < -0.3 is 16.5 Å². The molecule has 0 saturated carbocycles. The molecule has 1 heterocycles. The first-order chi connectivity index (χ1) is 12.1. The Morgan fingerprint density at radius 1 is 1.50 bits per heavy atom. The standard InChI is InChI=1S/C14H18ClF2N9/c1-7(21-25-24-19)4-9-10(14(2,16)17)5-8(6-11(9)15)26(3)13-20-12(18)22-23-13/h5-6H,1,4H2,2-3H3,(H2,19,25)(H,21,24)(H3,18,20,22,23). The fraction of sp³-hybridized carbons (Fsp3) is 0.286. The van der Waals surface area contributed by atoms with E-state index in [0.29, 0.717) is 11.4 Å². The molecule has 26 heavy (non-hydrogen) atoms. The molecule has 2 rings (SSSR count). The highest BCUT2D eigenvalue weighted by atomic mass is 35.5. The Hall–Kier alpha value is -2.95. The van der Waals surface area contributed by atoms with Gasteiger partial charge in [0.05, 0.1) is 0 Å². The van der Waals surface area contributed by atoms with Gasteiger partial charge in [-0.1, -0.05) is 28.6 Å². The molecule has 0 spiro atoms. The summed E-state index contributed by atoms with van der Waals surface area (Å²) in [5.74, 6) is 2.06. The number of hydrogen-bond acceptors (Lipinski definition) is 6. The molecule has 9 nitrogen and oxygen atoms in total. The highest BCUT2D eigenvalue weighted by Gasteiger charge is 2.30. The summed E-state index contributed by atoms with van der Waals surface area (Å²) in [5.41, 5.74) is 8.55. The number of nitrogen functional groups attached to an aromatic ring is 1. The van der Waals surface area contributed by atoms with Crippen LogP contribution in [-0.4, -0.2) is 22.2 Å². The first-order valence-corrected chi connectivity index (χ1v) is 7.67. The number of benzene rings is 1. The quantitative estimate of drug-likeness (QED) is 0.329. The Morgan fingerprint density at radius 2 is 2.19 bits per heavy atom. The Labute approximate surface area is 153 Å². The van der Waals surface area contributed by atoms with Crippen molar-refractivity contribution in [1.29, 1.82) is 0 Å². The second-order valence-corrected chi connectivity index (χ2v) is 5.94. The molecule has 0 atom stereocenters. The van der Waals surface area contributed by atoms with E-state index in [1.54, 1.807) is 7.05 Å². The number of nitrogens with zero attached hydrogens (tertiary/aromatic N) is 5. The highest BCUT2D eigenvalue weighted by molar-refractivity contribution is 6.31. The lowest BCUT2D eigenvalue weighted by Gasteiger charge is -2.22. The summed E-state index contributed by atoms with van der Waals surface area (Å²) in [7, 11) is 1.60. The number of allylic oxidation sites excluding steroid dienone is 1. The van der Waals surface area contributed by atoms with Crippen molar-refractivity contribution >= 4 is 29.2 Å². The number of nitrogens with two attached hydrogens (primary N) is 2. The molecule has 0 aliphatic rings. The molecular formula is C14H18ClF2N9. The Morgan fingerprint density at radius 3 is 2.73 bits per heavy atom. The molecule has 0 amide bonds. The third-order valence-corrected chi connectivity index (χ3v) is 3.82. The smallest absolute Gasteiger partial charge is 0.270 e. The van der Waals surface area contributed by atoms with Gasteiger partial charge in [-0.05, 0) is 17.7 Å². The third kappa shape index (κ3) is 4.36. The van der Waals surface area contributed by atoms with Crippen molar-refractivity contribution in [2.24, 2.45) is 16.3 Å². The lowest BCUT2D eigenvalue weighted by Crippen LogP contribution is -2.17. The maximum atomic E-state index is 14.2. The topological polar surface area (TPSA) is 134 Å². The van der Waals surface area contributed by atoms with E-state index in [1.807, 2.05) is 0 Å². The molecule has 0 fully saturated rings. The summed E-state index contributed by atoms with van der Waals surface area (Å²) >= 11 is 6.27. The number of aromatic nitrogens is 3. The number of anilines is 3. The number of nitrogens with one attached hydrogen (secondary N) is 2. The number of hydrogen-bond donors (Lipinski definition) is 4. The number of rotatable bonds is 7. The molecule has 0 radical (unpaired) electrons. The largest absolute Gasteiger partial charge is 0.368 e. The Kier molecular flexibility index (Phi) is 5.60. The van der Waals surface area contributed by atoms with Crippen molar-refractivity contribution in [1.82, 2.24) is 20.6 Å². The van der Waals surface area contributed by atoms with Crippen molar-refractivity contribution in [3.63, 3.8) is 0 Å². The number of alkyl halides is 2. The van der Waals surface area contributed by atoms with Gasteiger partial charge in [0.1, 0.15) is 0 Å². The van der Waals surface area contributed by atoms with Crippen molar-refractivity contribution in [2.75, 3.05) is 17.7 Å². The van der Waals surface area contributed by atoms with Crippen LogP contribution in [0.25, 0.3) is 0 Å². The van der Waals surface area contributed by atoms with Crippen LogP contribution >= 0.6 is 11.6 Å². The third-order valence-electron chi connectivity index (χ3n) is 3.49. The highest BCUT2D eigenvalue weighted by Crippen LogP contribution is 2.38. The SMILES string of the molecule is C=C(Cc1c(Cl)cc(N(C)c2n[nH]c(N)n2)cc1C(C)(F)F)N/N=N\N. The number of H-pyrrole nitrogens is 1. The van der Waals surface area contributed by atoms with Crippen molar-refractivity contribution in [3.05, 3.63) is 40.6 Å². The van der Waals surface area contributed by atoms with Crippen LogP contribution in [0.3, 0.4) is 0 Å².